The van der Waals surface area contributed by atoms with Gasteiger partial charge in [0.1, 0.15) is 11.9 Å². The summed E-state index contributed by atoms with van der Waals surface area (Å²) in [4.78, 5) is 15.7. The van der Waals surface area contributed by atoms with E-state index >= 15 is 0 Å². The number of likely N-dealkylation sites (N-methyl/N-ethyl adjacent to an activating group) is 1. The number of amides is 1. The summed E-state index contributed by atoms with van der Waals surface area (Å²) in [6.45, 7) is 2.56. The van der Waals surface area contributed by atoms with Gasteiger partial charge in [-0.25, -0.2) is 0 Å². The van der Waals surface area contributed by atoms with Crippen molar-refractivity contribution in [2.45, 2.75) is 31.8 Å². The van der Waals surface area contributed by atoms with Crippen LogP contribution in [0.1, 0.15) is 41.5 Å². The second-order valence-corrected chi connectivity index (χ2v) is 11.3. The van der Waals surface area contributed by atoms with E-state index in [9.17, 15) is 4.79 Å². The summed E-state index contributed by atoms with van der Waals surface area (Å²) in [7, 11) is 3.52. The second-order valence-electron chi connectivity index (χ2n) is 10.4. The lowest BCUT2D eigenvalue weighted by atomic mass is 9.88. The van der Waals surface area contributed by atoms with Crippen LogP contribution in [0, 0.1) is 0 Å². The molecular formula is C33H34Cl2N2O2. The molecule has 39 heavy (non-hydrogen) atoms. The zero-order chi connectivity index (χ0) is 27.4. The van der Waals surface area contributed by atoms with E-state index in [2.05, 4.69) is 53.4 Å². The van der Waals surface area contributed by atoms with Gasteiger partial charge in [-0.05, 0) is 83.3 Å². The van der Waals surface area contributed by atoms with Crippen molar-refractivity contribution in [3.05, 3.63) is 111 Å². The average molecular weight is 562 g/mol. The highest BCUT2D eigenvalue weighted by Crippen LogP contribution is 2.42. The van der Waals surface area contributed by atoms with E-state index in [1.807, 2.05) is 24.3 Å². The summed E-state index contributed by atoms with van der Waals surface area (Å²) in [5.41, 5.74) is 7.30. The molecule has 4 nitrogen and oxygen atoms in total. The van der Waals surface area contributed by atoms with Crippen molar-refractivity contribution in [2.24, 2.45) is 0 Å². The maximum atomic E-state index is 11.8. The molecule has 0 unspecified atom stereocenters. The van der Waals surface area contributed by atoms with Gasteiger partial charge in [-0.3, -0.25) is 9.69 Å². The molecule has 3 aromatic carbocycles. The van der Waals surface area contributed by atoms with E-state index in [4.69, 9.17) is 27.9 Å². The molecule has 1 aliphatic carbocycles. The van der Waals surface area contributed by atoms with Crippen molar-refractivity contribution < 1.29 is 9.53 Å². The third-order valence-corrected chi connectivity index (χ3v) is 8.01. The van der Waals surface area contributed by atoms with Crippen LogP contribution in [0.2, 0.25) is 10.0 Å². The Morgan fingerprint density at radius 3 is 2.59 bits per heavy atom. The molecule has 1 aliphatic heterocycles. The van der Waals surface area contributed by atoms with Gasteiger partial charge in [-0.15, -0.1) is 0 Å². The number of rotatable bonds is 7. The number of likely N-dealkylation sites (tertiary alicyclic amines) is 1. The van der Waals surface area contributed by atoms with Crippen LogP contribution < -0.4 is 4.74 Å². The van der Waals surface area contributed by atoms with E-state index in [0.717, 1.165) is 62.2 Å². The van der Waals surface area contributed by atoms with Crippen LogP contribution in [0.5, 0.6) is 5.75 Å². The van der Waals surface area contributed by atoms with Crippen LogP contribution in [-0.4, -0.2) is 55.5 Å². The minimum absolute atomic E-state index is 0.00925. The van der Waals surface area contributed by atoms with Gasteiger partial charge >= 0.3 is 0 Å². The lowest BCUT2D eigenvalue weighted by Gasteiger charge is -2.19. The quantitative estimate of drug-likeness (QED) is 0.282. The van der Waals surface area contributed by atoms with Crippen LogP contribution in [0.25, 0.3) is 11.1 Å². The highest BCUT2D eigenvalue weighted by atomic mass is 35.5. The number of aryl methyl sites for hydroxylation is 1. The van der Waals surface area contributed by atoms with Crippen molar-refractivity contribution >= 4 is 40.3 Å². The summed E-state index contributed by atoms with van der Waals surface area (Å²) < 4.78 is 6.36. The van der Waals surface area contributed by atoms with Crippen LogP contribution in [-0.2, 0) is 11.2 Å². The highest BCUT2D eigenvalue weighted by molar-refractivity contribution is 6.36. The molecule has 1 heterocycles. The maximum absolute atomic E-state index is 11.8. The number of halogens is 2. The van der Waals surface area contributed by atoms with Crippen molar-refractivity contribution in [3.63, 3.8) is 0 Å². The first-order chi connectivity index (χ1) is 18.9. The van der Waals surface area contributed by atoms with Crippen LogP contribution >= 0.6 is 23.2 Å². The molecule has 5 rings (SSSR count). The average Bonchev–Trinajstić information content (AvgIpc) is 3.27. The lowest BCUT2D eigenvalue weighted by molar-refractivity contribution is -0.123. The fraction of sp³-hybridized carbons (Fsp3) is 0.303. The number of hydrogen-bond donors (Lipinski definition) is 0. The highest BCUT2D eigenvalue weighted by Gasteiger charge is 2.24. The van der Waals surface area contributed by atoms with Crippen molar-refractivity contribution in [1.82, 2.24) is 9.80 Å². The van der Waals surface area contributed by atoms with Crippen molar-refractivity contribution in [2.75, 3.05) is 33.7 Å². The van der Waals surface area contributed by atoms with E-state index in [0.29, 0.717) is 10.0 Å². The second kappa shape index (κ2) is 12.4. The Morgan fingerprint density at radius 1 is 1.03 bits per heavy atom. The van der Waals surface area contributed by atoms with E-state index in [1.54, 1.807) is 25.1 Å². The number of allylic oxidation sites excluding steroid dienone is 1. The molecule has 0 saturated carbocycles. The topological polar surface area (TPSA) is 32.8 Å². The molecule has 6 heteroatoms. The van der Waals surface area contributed by atoms with Gasteiger partial charge in [-0.1, -0.05) is 71.7 Å². The van der Waals surface area contributed by atoms with Gasteiger partial charge in [0.15, 0.2) is 0 Å². The van der Waals surface area contributed by atoms with Gasteiger partial charge < -0.3 is 9.64 Å². The van der Waals surface area contributed by atoms with Gasteiger partial charge in [-0.2, -0.15) is 0 Å². The molecule has 1 amide bonds. The largest absolute Gasteiger partial charge is 0.489 e. The molecule has 0 radical (unpaired) electrons. The molecule has 0 bridgehead atoms. The number of carbonyl (C=O) groups is 1. The molecule has 2 aliphatic rings. The van der Waals surface area contributed by atoms with Crippen LogP contribution in [0.4, 0.5) is 0 Å². The number of nitrogens with zero attached hydrogens (tertiary/aromatic N) is 2. The minimum atomic E-state index is 0.00925. The number of carbonyl (C=O) groups excluding carboxylic acids is 1. The Labute approximate surface area is 241 Å². The molecule has 1 saturated heterocycles. The molecule has 0 spiro atoms. The molecular weight excluding hydrogens is 527 g/mol. The SMILES string of the molecule is CN(C)C(=O)/C=C/CN1CC[C@H](Oc2ccc(C3=C(c4ccc(Cl)cc4Cl)CCCc4ccccc43)cc2)C1. The predicted molar refractivity (Wildman–Crippen MR) is 162 cm³/mol. The van der Waals surface area contributed by atoms with E-state index in [-0.39, 0.29) is 12.0 Å². The molecule has 1 atom stereocenters. The fourth-order valence-corrected chi connectivity index (χ4v) is 5.98. The van der Waals surface area contributed by atoms with Gasteiger partial charge in [0.05, 0.1) is 0 Å². The van der Waals surface area contributed by atoms with Crippen LogP contribution in [0.15, 0.2) is 78.9 Å². The Kier molecular flexibility index (Phi) is 8.76. The Hall–Kier alpha value is -3.05. The maximum Gasteiger partial charge on any atom is 0.245 e. The molecule has 202 valence electrons. The van der Waals surface area contributed by atoms with Gasteiger partial charge in [0.2, 0.25) is 5.91 Å². The first kappa shape index (κ1) is 27.5. The standard InChI is InChI=1S/C33H34Cl2N2O2/c1-36(2)32(38)11-6-19-37-20-18-27(22-37)39-26-15-12-24(13-16-26)33-28-9-4-3-7-23(28)8-5-10-30(33)29-17-14-25(34)21-31(29)35/h3-4,6-7,9,11-17,21,27H,5,8,10,18-20,22H2,1-2H3/b11-6+/t27-/m0/s1. The number of benzene rings is 3. The molecule has 3 aromatic rings. The van der Waals surface area contributed by atoms with E-state index in [1.165, 1.54) is 22.3 Å². The summed E-state index contributed by atoms with van der Waals surface area (Å²) in [6, 6.07) is 23.0. The third-order valence-electron chi connectivity index (χ3n) is 7.46. The number of fused-ring (bicyclic) bond motifs is 1. The number of hydrogen-bond acceptors (Lipinski definition) is 3. The Bertz CT molecular complexity index is 1400. The monoisotopic (exact) mass is 560 g/mol. The summed E-state index contributed by atoms with van der Waals surface area (Å²) in [5, 5.41) is 1.33. The third kappa shape index (κ3) is 6.58. The van der Waals surface area contributed by atoms with Crippen molar-refractivity contribution in [3.8, 4) is 5.75 Å². The van der Waals surface area contributed by atoms with E-state index < -0.39 is 0 Å². The summed E-state index contributed by atoms with van der Waals surface area (Å²) >= 11 is 13.0. The Morgan fingerprint density at radius 2 is 1.82 bits per heavy atom. The zero-order valence-electron chi connectivity index (χ0n) is 22.5. The summed E-state index contributed by atoms with van der Waals surface area (Å²) in [6.07, 6.45) is 7.71. The zero-order valence-corrected chi connectivity index (χ0v) is 24.0. The fourth-order valence-electron chi connectivity index (χ4n) is 5.46. The first-order valence-corrected chi connectivity index (χ1v) is 14.3. The van der Waals surface area contributed by atoms with Crippen molar-refractivity contribution in [1.29, 1.82) is 0 Å². The number of ether oxygens (including phenoxy) is 1. The van der Waals surface area contributed by atoms with Gasteiger partial charge in [0, 0.05) is 49.9 Å². The first-order valence-electron chi connectivity index (χ1n) is 13.5. The summed E-state index contributed by atoms with van der Waals surface area (Å²) in [5.74, 6) is 0.882. The normalized spacial score (nSPS) is 17.8. The molecule has 0 N–H and O–H groups in total. The smallest absolute Gasteiger partial charge is 0.245 e. The lowest BCUT2D eigenvalue weighted by Crippen LogP contribution is -2.25. The molecule has 1 fully saturated rings. The predicted octanol–water partition coefficient (Wildman–Crippen LogP) is 7.39. The Balaban J connectivity index is 1.37. The minimum Gasteiger partial charge on any atom is -0.489 e. The molecule has 0 aromatic heterocycles. The van der Waals surface area contributed by atoms with Crippen LogP contribution in [0.3, 0.4) is 0 Å². The van der Waals surface area contributed by atoms with Gasteiger partial charge in [0.25, 0.3) is 0 Å².